The van der Waals surface area contributed by atoms with Crippen molar-refractivity contribution < 1.29 is 4.79 Å². The van der Waals surface area contributed by atoms with Gasteiger partial charge in [0.2, 0.25) is 0 Å². The average Bonchev–Trinajstić information content (AvgIpc) is 2.82. The van der Waals surface area contributed by atoms with E-state index in [1.807, 2.05) is 4.90 Å². The SMILES string of the molecule is O=C(c1cc(Cl)ncn1)N1CCC2CCCCC21. The maximum Gasteiger partial charge on any atom is 0.272 e. The molecule has 2 atom stereocenters. The van der Waals surface area contributed by atoms with Gasteiger partial charge in [0.05, 0.1) is 0 Å². The first-order chi connectivity index (χ1) is 8.75. The van der Waals surface area contributed by atoms with Crippen LogP contribution < -0.4 is 0 Å². The monoisotopic (exact) mass is 265 g/mol. The summed E-state index contributed by atoms with van der Waals surface area (Å²) in [6, 6.07) is 1.97. The molecule has 4 nitrogen and oxygen atoms in total. The van der Waals surface area contributed by atoms with Gasteiger partial charge in [-0.25, -0.2) is 9.97 Å². The molecule has 1 aromatic rings. The van der Waals surface area contributed by atoms with Crippen LogP contribution in [0.4, 0.5) is 0 Å². The molecule has 2 fully saturated rings. The second kappa shape index (κ2) is 4.84. The van der Waals surface area contributed by atoms with Gasteiger partial charge in [0.1, 0.15) is 17.2 Å². The average molecular weight is 266 g/mol. The Hall–Kier alpha value is -1.16. The van der Waals surface area contributed by atoms with Crippen molar-refractivity contribution in [3.8, 4) is 0 Å². The fourth-order valence-corrected chi connectivity index (χ4v) is 3.40. The van der Waals surface area contributed by atoms with E-state index in [1.54, 1.807) is 6.07 Å². The first-order valence-electron chi connectivity index (χ1n) is 6.54. The van der Waals surface area contributed by atoms with Crippen LogP contribution in [0.25, 0.3) is 0 Å². The lowest BCUT2D eigenvalue weighted by atomic mass is 9.85. The number of halogens is 1. The molecular formula is C13H16ClN3O. The summed E-state index contributed by atoms with van der Waals surface area (Å²) in [4.78, 5) is 22.3. The van der Waals surface area contributed by atoms with E-state index in [9.17, 15) is 4.79 Å². The highest BCUT2D eigenvalue weighted by Crippen LogP contribution is 2.36. The summed E-state index contributed by atoms with van der Waals surface area (Å²) in [7, 11) is 0. The van der Waals surface area contributed by atoms with Gasteiger partial charge in [0.15, 0.2) is 0 Å². The Labute approximate surface area is 111 Å². The number of hydrogen-bond donors (Lipinski definition) is 0. The quantitative estimate of drug-likeness (QED) is 0.733. The van der Waals surface area contributed by atoms with Crippen LogP contribution in [0.2, 0.25) is 5.15 Å². The van der Waals surface area contributed by atoms with Crippen LogP contribution in [0.3, 0.4) is 0 Å². The van der Waals surface area contributed by atoms with Gasteiger partial charge in [-0.15, -0.1) is 0 Å². The number of hydrogen-bond acceptors (Lipinski definition) is 3. The first kappa shape index (κ1) is 11.9. The standard InChI is InChI=1S/C13H16ClN3O/c14-12-7-10(15-8-16-12)13(18)17-6-5-9-3-1-2-4-11(9)17/h7-9,11H,1-6H2. The van der Waals surface area contributed by atoms with E-state index >= 15 is 0 Å². The maximum atomic E-state index is 12.4. The highest BCUT2D eigenvalue weighted by molar-refractivity contribution is 6.29. The molecule has 2 aliphatic rings. The minimum atomic E-state index is 0.00806. The van der Waals surface area contributed by atoms with E-state index < -0.39 is 0 Å². The summed E-state index contributed by atoms with van der Waals surface area (Å²) in [6.07, 6.45) is 7.42. The minimum absolute atomic E-state index is 0.00806. The van der Waals surface area contributed by atoms with Gasteiger partial charge < -0.3 is 4.90 Å². The Morgan fingerprint density at radius 2 is 2.11 bits per heavy atom. The molecule has 0 aromatic carbocycles. The number of carbonyl (C=O) groups excluding carboxylic acids is 1. The molecule has 1 aliphatic heterocycles. The smallest absolute Gasteiger partial charge is 0.272 e. The molecular weight excluding hydrogens is 250 g/mol. The molecule has 1 aliphatic carbocycles. The zero-order chi connectivity index (χ0) is 12.5. The van der Waals surface area contributed by atoms with Crippen molar-refractivity contribution in [1.29, 1.82) is 0 Å². The van der Waals surface area contributed by atoms with E-state index in [4.69, 9.17) is 11.6 Å². The Balaban J connectivity index is 1.80. The zero-order valence-corrected chi connectivity index (χ0v) is 10.9. The molecule has 0 N–H and O–H groups in total. The first-order valence-corrected chi connectivity index (χ1v) is 6.92. The lowest BCUT2D eigenvalue weighted by Crippen LogP contribution is -2.39. The Bertz CT molecular complexity index is 465. The van der Waals surface area contributed by atoms with Crippen molar-refractivity contribution in [3.05, 3.63) is 23.2 Å². The molecule has 0 spiro atoms. The van der Waals surface area contributed by atoms with Crippen molar-refractivity contribution in [1.82, 2.24) is 14.9 Å². The highest BCUT2D eigenvalue weighted by atomic mass is 35.5. The maximum absolute atomic E-state index is 12.4. The van der Waals surface area contributed by atoms with Crippen molar-refractivity contribution in [2.24, 2.45) is 5.92 Å². The number of likely N-dealkylation sites (tertiary alicyclic amines) is 1. The summed E-state index contributed by atoms with van der Waals surface area (Å²) < 4.78 is 0. The molecule has 2 unspecified atom stereocenters. The van der Waals surface area contributed by atoms with E-state index in [1.165, 1.54) is 25.6 Å². The fourth-order valence-electron chi connectivity index (χ4n) is 3.26. The van der Waals surface area contributed by atoms with Crippen LogP contribution >= 0.6 is 11.6 Å². The summed E-state index contributed by atoms with van der Waals surface area (Å²) in [5.41, 5.74) is 0.418. The van der Waals surface area contributed by atoms with Crippen LogP contribution in [0.15, 0.2) is 12.4 Å². The normalized spacial score (nSPS) is 27.1. The Morgan fingerprint density at radius 3 is 2.94 bits per heavy atom. The molecule has 0 bridgehead atoms. The van der Waals surface area contributed by atoms with Crippen LogP contribution in [0.1, 0.15) is 42.6 Å². The number of amides is 1. The molecule has 3 rings (SSSR count). The van der Waals surface area contributed by atoms with Crippen molar-refractivity contribution >= 4 is 17.5 Å². The third kappa shape index (κ3) is 2.09. The molecule has 96 valence electrons. The van der Waals surface area contributed by atoms with E-state index in [0.717, 1.165) is 19.4 Å². The van der Waals surface area contributed by atoms with E-state index in [-0.39, 0.29) is 5.91 Å². The predicted molar refractivity (Wildman–Crippen MR) is 68.4 cm³/mol. The number of carbonyl (C=O) groups is 1. The van der Waals surface area contributed by atoms with Gasteiger partial charge in [-0.2, -0.15) is 0 Å². The Kier molecular flexibility index (Phi) is 3.20. The fraction of sp³-hybridized carbons (Fsp3) is 0.615. The molecule has 18 heavy (non-hydrogen) atoms. The second-order valence-electron chi connectivity index (χ2n) is 5.13. The van der Waals surface area contributed by atoms with Gasteiger partial charge in [-0.05, 0) is 25.2 Å². The van der Waals surface area contributed by atoms with Crippen LogP contribution in [-0.2, 0) is 0 Å². The molecule has 5 heteroatoms. The summed E-state index contributed by atoms with van der Waals surface area (Å²) in [5, 5.41) is 0.327. The molecule has 1 amide bonds. The molecule has 1 saturated carbocycles. The lowest BCUT2D eigenvalue weighted by Gasteiger charge is -2.31. The highest BCUT2D eigenvalue weighted by Gasteiger charge is 2.38. The van der Waals surface area contributed by atoms with Crippen LogP contribution in [0, 0.1) is 5.92 Å². The molecule has 1 saturated heterocycles. The van der Waals surface area contributed by atoms with Crippen molar-refractivity contribution in [2.75, 3.05) is 6.54 Å². The predicted octanol–water partition coefficient (Wildman–Crippen LogP) is 2.53. The van der Waals surface area contributed by atoms with Gasteiger partial charge in [-0.3, -0.25) is 4.79 Å². The number of aromatic nitrogens is 2. The number of fused-ring (bicyclic) bond motifs is 1. The van der Waals surface area contributed by atoms with E-state index in [0.29, 0.717) is 22.8 Å². The van der Waals surface area contributed by atoms with Gasteiger partial charge in [-0.1, -0.05) is 24.4 Å². The number of rotatable bonds is 1. The Morgan fingerprint density at radius 1 is 1.28 bits per heavy atom. The van der Waals surface area contributed by atoms with E-state index in [2.05, 4.69) is 9.97 Å². The summed E-state index contributed by atoms with van der Waals surface area (Å²) >= 11 is 5.81. The van der Waals surface area contributed by atoms with Crippen molar-refractivity contribution in [3.63, 3.8) is 0 Å². The third-order valence-electron chi connectivity index (χ3n) is 4.12. The van der Waals surface area contributed by atoms with Crippen LogP contribution in [-0.4, -0.2) is 33.4 Å². The topological polar surface area (TPSA) is 46.1 Å². The summed E-state index contributed by atoms with van der Waals surface area (Å²) in [6.45, 7) is 0.857. The van der Waals surface area contributed by atoms with Gasteiger partial charge in [0.25, 0.3) is 5.91 Å². The molecule has 0 radical (unpaired) electrons. The molecule has 2 heterocycles. The third-order valence-corrected chi connectivity index (χ3v) is 4.33. The van der Waals surface area contributed by atoms with Crippen molar-refractivity contribution in [2.45, 2.75) is 38.1 Å². The molecule has 1 aromatic heterocycles. The number of nitrogens with zero attached hydrogens (tertiary/aromatic N) is 3. The van der Waals surface area contributed by atoms with Gasteiger partial charge >= 0.3 is 0 Å². The minimum Gasteiger partial charge on any atom is -0.334 e. The van der Waals surface area contributed by atoms with Gasteiger partial charge in [0, 0.05) is 18.7 Å². The largest absolute Gasteiger partial charge is 0.334 e. The lowest BCUT2D eigenvalue weighted by molar-refractivity contribution is 0.0684. The van der Waals surface area contributed by atoms with Crippen LogP contribution in [0.5, 0.6) is 0 Å². The summed E-state index contributed by atoms with van der Waals surface area (Å²) in [5.74, 6) is 0.703. The zero-order valence-electron chi connectivity index (χ0n) is 10.2. The second-order valence-corrected chi connectivity index (χ2v) is 5.51.